The quantitative estimate of drug-likeness (QED) is 0.614. The molecule has 0 saturated heterocycles. The number of benzene rings is 1. The molecule has 0 aliphatic heterocycles. The number of ether oxygens (including phenoxy) is 1. The molecule has 4 nitrogen and oxygen atoms in total. The molecule has 0 bridgehead atoms. The summed E-state index contributed by atoms with van der Waals surface area (Å²) in [5, 5.41) is 9.50. The van der Waals surface area contributed by atoms with Crippen molar-refractivity contribution >= 4 is 11.8 Å². The maximum absolute atomic E-state index is 12.6. The van der Waals surface area contributed by atoms with Crippen LogP contribution in [0.25, 0.3) is 0 Å². The van der Waals surface area contributed by atoms with Gasteiger partial charge in [-0.15, -0.1) is 0 Å². The highest BCUT2D eigenvalue weighted by Gasteiger charge is 2.25. The van der Waals surface area contributed by atoms with Crippen molar-refractivity contribution in [3.05, 3.63) is 35.6 Å². The SMILES string of the molecule is CCOC(=O)C(=O)C(O)c1ccc(F)cc1. The molecule has 0 aromatic heterocycles. The van der Waals surface area contributed by atoms with E-state index in [1.807, 2.05) is 0 Å². The molecule has 5 heteroatoms. The topological polar surface area (TPSA) is 63.6 Å². The molecule has 0 aliphatic rings. The van der Waals surface area contributed by atoms with Crippen molar-refractivity contribution in [1.82, 2.24) is 0 Å². The van der Waals surface area contributed by atoms with E-state index in [1.54, 1.807) is 6.92 Å². The summed E-state index contributed by atoms with van der Waals surface area (Å²) in [4.78, 5) is 22.3. The van der Waals surface area contributed by atoms with E-state index < -0.39 is 23.7 Å². The van der Waals surface area contributed by atoms with Crippen LogP contribution in [-0.4, -0.2) is 23.5 Å². The zero-order valence-corrected chi connectivity index (χ0v) is 8.64. The monoisotopic (exact) mass is 226 g/mol. The second kappa shape index (κ2) is 5.37. The van der Waals surface area contributed by atoms with E-state index in [1.165, 1.54) is 12.1 Å². The van der Waals surface area contributed by atoms with E-state index in [4.69, 9.17) is 0 Å². The number of hydrogen-bond donors (Lipinski definition) is 1. The number of carbonyl (C=O) groups is 2. The lowest BCUT2D eigenvalue weighted by molar-refractivity contribution is -0.157. The number of Topliss-reactive ketones (excluding diaryl/α,β-unsaturated/α-hetero) is 1. The van der Waals surface area contributed by atoms with Crippen LogP contribution in [0.2, 0.25) is 0 Å². The minimum atomic E-state index is -1.61. The van der Waals surface area contributed by atoms with Gasteiger partial charge < -0.3 is 9.84 Å². The molecule has 0 heterocycles. The van der Waals surface area contributed by atoms with Crippen LogP contribution in [0.3, 0.4) is 0 Å². The standard InChI is InChI=1S/C11H11FO4/c1-2-16-11(15)10(14)9(13)7-3-5-8(12)6-4-7/h3-6,9,13H,2H2,1H3. The lowest BCUT2D eigenvalue weighted by atomic mass is 10.1. The van der Waals surface area contributed by atoms with Gasteiger partial charge >= 0.3 is 5.97 Å². The maximum atomic E-state index is 12.6. The van der Waals surface area contributed by atoms with Crippen molar-refractivity contribution in [2.24, 2.45) is 0 Å². The van der Waals surface area contributed by atoms with Crippen molar-refractivity contribution in [2.75, 3.05) is 6.61 Å². The lowest BCUT2D eigenvalue weighted by Crippen LogP contribution is -2.24. The fourth-order valence-corrected chi connectivity index (χ4v) is 1.11. The van der Waals surface area contributed by atoms with E-state index >= 15 is 0 Å². The molecule has 1 N–H and O–H groups in total. The Morgan fingerprint density at radius 2 is 1.94 bits per heavy atom. The lowest BCUT2D eigenvalue weighted by Gasteiger charge is -2.08. The zero-order chi connectivity index (χ0) is 12.1. The van der Waals surface area contributed by atoms with Crippen molar-refractivity contribution in [3.8, 4) is 0 Å². The van der Waals surface area contributed by atoms with Gasteiger partial charge in [-0.3, -0.25) is 4.79 Å². The normalized spacial score (nSPS) is 11.9. The number of hydrogen-bond acceptors (Lipinski definition) is 4. The van der Waals surface area contributed by atoms with Crippen LogP contribution < -0.4 is 0 Å². The van der Waals surface area contributed by atoms with Crippen molar-refractivity contribution in [2.45, 2.75) is 13.0 Å². The van der Waals surface area contributed by atoms with Crippen molar-refractivity contribution in [3.63, 3.8) is 0 Å². The summed E-state index contributed by atoms with van der Waals surface area (Å²) < 4.78 is 17.0. The fourth-order valence-electron chi connectivity index (χ4n) is 1.11. The second-order valence-electron chi connectivity index (χ2n) is 3.04. The Kier molecular flexibility index (Phi) is 4.13. The summed E-state index contributed by atoms with van der Waals surface area (Å²) in [6.45, 7) is 1.61. The Hall–Kier alpha value is -1.75. The number of ketones is 1. The summed E-state index contributed by atoms with van der Waals surface area (Å²) in [5.41, 5.74) is 0.152. The maximum Gasteiger partial charge on any atom is 0.377 e. The van der Waals surface area contributed by atoms with Crippen LogP contribution >= 0.6 is 0 Å². The molecule has 0 radical (unpaired) electrons. The first kappa shape index (κ1) is 12.3. The van der Waals surface area contributed by atoms with E-state index in [0.717, 1.165) is 12.1 Å². The van der Waals surface area contributed by atoms with Gasteiger partial charge in [0.2, 0.25) is 0 Å². The molecule has 1 rings (SSSR count). The number of rotatable bonds is 4. The van der Waals surface area contributed by atoms with Crippen LogP contribution in [0.15, 0.2) is 24.3 Å². The third-order valence-corrected chi connectivity index (χ3v) is 1.91. The molecule has 0 amide bonds. The zero-order valence-electron chi connectivity index (χ0n) is 8.64. The molecule has 1 atom stereocenters. The molecule has 86 valence electrons. The molecule has 0 fully saturated rings. The van der Waals surface area contributed by atoms with Crippen LogP contribution in [-0.2, 0) is 14.3 Å². The average Bonchev–Trinajstić information content (AvgIpc) is 2.28. The van der Waals surface area contributed by atoms with Crippen LogP contribution in [0, 0.1) is 5.82 Å². The van der Waals surface area contributed by atoms with Gasteiger partial charge in [0.25, 0.3) is 5.78 Å². The predicted octanol–water partition coefficient (Wildman–Crippen LogP) is 0.991. The largest absolute Gasteiger partial charge is 0.460 e. The third-order valence-electron chi connectivity index (χ3n) is 1.91. The average molecular weight is 226 g/mol. The molecule has 0 spiro atoms. The molecule has 1 aromatic rings. The minimum absolute atomic E-state index is 0.0563. The fraction of sp³-hybridized carbons (Fsp3) is 0.273. The van der Waals surface area contributed by atoms with Gasteiger partial charge in [-0.05, 0) is 24.6 Å². The smallest absolute Gasteiger partial charge is 0.377 e. The number of aliphatic hydroxyl groups is 1. The summed E-state index contributed by atoms with van der Waals surface area (Å²) in [5.74, 6) is -2.65. The minimum Gasteiger partial charge on any atom is -0.460 e. The summed E-state index contributed by atoms with van der Waals surface area (Å²) in [6.07, 6.45) is -1.61. The Balaban J connectivity index is 2.77. The van der Waals surface area contributed by atoms with E-state index in [2.05, 4.69) is 4.74 Å². The van der Waals surface area contributed by atoms with Gasteiger partial charge in [-0.1, -0.05) is 12.1 Å². The molecule has 16 heavy (non-hydrogen) atoms. The molecule has 1 unspecified atom stereocenters. The molecule has 1 aromatic carbocycles. The summed E-state index contributed by atoms with van der Waals surface area (Å²) in [7, 11) is 0. The Bertz CT molecular complexity index is 385. The van der Waals surface area contributed by atoms with Crippen LogP contribution in [0.1, 0.15) is 18.6 Å². The number of carbonyl (C=O) groups excluding carboxylic acids is 2. The molecule has 0 aliphatic carbocycles. The van der Waals surface area contributed by atoms with Gasteiger partial charge in [0, 0.05) is 0 Å². The summed E-state index contributed by atoms with van der Waals surface area (Å²) >= 11 is 0. The van der Waals surface area contributed by atoms with Crippen LogP contribution in [0.4, 0.5) is 4.39 Å². The highest BCUT2D eigenvalue weighted by molar-refractivity contribution is 6.35. The Morgan fingerprint density at radius 1 is 1.38 bits per heavy atom. The van der Waals surface area contributed by atoms with Gasteiger partial charge in [0.1, 0.15) is 11.9 Å². The number of esters is 1. The molecule has 0 saturated carbocycles. The highest BCUT2D eigenvalue weighted by atomic mass is 19.1. The van der Waals surface area contributed by atoms with Crippen LogP contribution in [0.5, 0.6) is 0 Å². The van der Waals surface area contributed by atoms with Gasteiger partial charge in [-0.2, -0.15) is 0 Å². The molecular formula is C11H11FO4. The Labute approximate surface area is 91.7 Å². The first-order chi connectivity index (χ1) is 7.56. The van der Waals surface area contributed by atoms with E-state index in [0.29, 0.717) is 0 Å². The van der Waals surface area contributed by atoms with Crippen molar-refractivity contribution in [1.29, 1.82) is 0 Å². The van der Waals surface area contributed by atoms with Gasteiger partial charge in [0.15, 0.2) is 0 Å². The predicted molar refractivity (Wildman–Crippen MR) is 53.0 cm³/mol. The second-order valence-corrected chi connectivity index (χ2v) is 3.04. The van der Waals surface area contributed by atoms with Crippen molar-refractivity contribution < 1.29 is 23.8 Å². The third kappa shape index (κ3) is 2.87. The first-order valence-electron chi connectivity index (χ1n) is 4.70. The number of aliphatic hydroxyl groups excluding tert-OH is 1. The first-order valence-corrected chi connectivity index (χ1v) is 4.70. The van der Waals surface area contributed by atoms with Gasteiger partial charge in [-0.25, -0.2) is 9.18 Å². The van der Waals surface area contributed by atoms with E-state index in [9.17, 15) is 19.1 Å². The Morgan fingerprint density at radius 3 is 2.44 bits per heavy atom. The van der Waals surface area contributed by atoms with Gasteiger partial charge in [0.05, 0.1) is 6.61 Å². The van der Waals surface area contributed by atoms with E-state index in [-0.39, 0.29) is 12.2 Å². The highest BCUT2D eigenvalue weighted by Crippen LogP contribution is 2.14. The number of halogens is 1. The molecular weight excluding hydrogens is 215 g/mol. The summed E-state index contributed by atoms with van der Waals surface area (Å²) in [6, 6.07) is 4.65.